The first-order valence-electron chi connectivity index (χ1n) is 11.8. The van der Waals surface area contributed by atoms with Gasteiger partial charge in [0.2, 0.25) is 15.9 Å². The molecule has 0 unspecified atom stereocenters. The predicted octanol–water partition coefficient (Wildman–Crippen LogP) is 3.66. The molecule has 9 heteroatoms. The van der Waals surface area contributed by atoms with Gasteiger partial charge in [-0.2, -0.15) is 4.31 Å². The van der Waals surface area contributed by atoms with Crippen molar-refractivity contribution in [3.05, 3.63) is 53.6 Å². The van der Waals surface area contributed by atoms with E-state index in [-0.39, 0.29) is 11.8 Å². The maximum Gasteiger partial charge on any atom is 0.243 e. The number of piperazine rings is 1. The van der Waals surface area contributed by atoms with Gasteiger partial charge in [-0.05, 0) is 56.5 Å². The summed E-state index contributed by atoms with van der Waals surface area (Å²) in [5, 5.41) is 1.02. The number of carbonyl (C=O) groups is 1. The maximum atomic E-state index is 13.2. The van der Waals surface area contributed by atoms with Crippen LogP contribution in [0.2, 0.25) is 0 Å². The summed E-state index contributed by atoms with van der Waals surface area (Å²) in [6.45, 7) is 7.69. The van der Waals surface area contributed by atoms with Gasteiger partial charge in [-0.3, -0.25) is 4.79 Å². The molecule has 5 rings (SSSR count). The van der Waals surface area contributed by atoms with E-state index >= 15 is 0 Å². The van der Waals surface area contributed by atoms with Crippen LogP contribution in [0.25, 0.3) is 10.2 Å². The van der Waals surface area contributed by atoms with Crippen molar-refractivity contribution in [3.8, 4) is 0 Å². The third-order valence-corrected chi connectivity index (χ3v) is 9.85. The number of rotatable bonds is 4. The highest BCUT2D eigenvalue weighted by molar-refractivity contribution is 7.89. The lowest BCUT2D eigenvalue weighted by atomic mass is 9.96. The second-order valence-corrected chi connectivity index (χ2v) is 12.2. The van der Waals surface area contributed by atoms with Crippen molar-refractivity contribution < 1.29 is 13.2 Å². The highest BCUT2D eigenvalue weighted by Crippen LogP contribution is 2.31. The Morgan fingerprint density at radius 2 is 1.56 bits per heavy atom. The monoisotopic (exact) mass is 498 g/mol. The zero-order chi connectivity index (χ0) is 23.9. The smallest absolute Gasteiger partial charge is 0.243 e. The van der Waals surface area contributed by atoms with E-state index in [1.165, 1.54) is 14.6 Å². The first-order valence-corrected chi connectivity index (χ1v) is 14.0. The first kappa shape index (κ1) is 23.3. The van der Waals surface area contributed by atoms with Crippen LogP contribution >= 0.6 is 11.3 Å². The number of piperidine rings is 1. The van der Waals surface area contributed by atoms with Crippen molar-refractivity contribution in [3.63, 3.8) is 0 Å². The number of aryl methyl sites for hydroxylation is 2. The third kappa shape index (κ3) is 4.56. The highest BCUT2D eigenvalue weighted by Gasteiger charge is 2.34. The van der Waals surface area contributed by atoms with E-state index in [1.807, 2.05) is 24.0 Å². The molecule has 3 aromatic rings. The number of hydrogen-bond donors (Lipinski definition) is 0. The molecule has 2 fully saturated rings. The number of carbonyl (C=O) groups excluding carboxylic acids is 1. The number of nitrogens with zero attached hydrogens (tertiary/aromatic N) is 4. The van der Waals surface area contributed by atoms with Crippen LogP contribution in [0.1, 0.15) is 24.0 Å². The average Bonchev–Trinajstić information content (AvgIpc) is 3.27. The lowest BCUT2D eigenvalue weighted by Gasteiger charge is -2.38. The van der Waals surface area contributed by atoms with Gasteiger partial charge in [0, 0.05) is 45.2 Å². The Labute approximate surface area is 205 Å². The summed E-state index contributed by atoms with van der Waals surface area (Å²) in [5.41, 5.74) is 3.29. The molecular formula is C25H30N4O3S2. The van der Waals surface area contributed by atoms with Crippen molar-refractivity contribution in [1.82, 2.24) is 14.2 Å². The van der Waals surface area contributed by atoms with E-state index in [0.29, 0.717) is 43.9 Å². The lowest BCUT2D eigenvalue weighted by Crippen LogP contribution is -2.52. The number of fused-ring (bicyclic) bond motifs is 1. The van der Waals surface area contributed by atoms with Crippen molar-refractivity contribution >= 4 is 42.6 Å². The Bertz CT molecular complexity index is 1290. The van der Waals surface area contributed by atoms with Crippen molar-refractivity contribution in [2.75, 3.05) is 44.2 Å². The minimum Gasteiger partial charge on any atom is -0.345 e. The standard InChI is InChI=1S/C25H30N4O3S2/c1-18-3-6-21(7-4-18)34(31,32)29-11-9-20(10-12-29)24(30)27-13-15-28(16-14-27)25-26-22-8-5-19(2)17-23(22)33-25/h3-8,17,20H,9-16H2,1-2H3. The largest absolute Gasteiger partial charge is 0.345 e. The van der Waals surface area contributed by atoms with Crippen LogP contribution in [0.4, 0.5) is 5.13 Å². The number of anilines is 1. The summed E-state index contributed by atoms with van der Waals surface area (Å²) in [4.78, 5) is 22.5. The zero-order valence-electron chi connectivity index (χ0n) is 19.6. The number of amides is 1. The molecule has 2 aliphatic rings. The molecule has 0 atom stereocenters. The van der Waals surface area contributed by atoms with Gasteiger partial charge in [-0.1, -0.05) is 35.1 Å². The summed E-state index contributed by atoms with van der Waals surface area (Å²) in [6, 6.07) is 13.3. The van der Waals surface area contributed by atoms with E-state index in [9.17, 15) is 13.2 Å². The van der Waals surface area contributed by atoms with E-state index in [4.69, 9.17) is 4.98 Å². The molecule has 34 heavy (non-hydrogen) atoms. The number of aromatic nitrogens is 1. The van der Waals surface area contributed by atoms with Crippen LogP contribution in [0.15, 0.2) is 47.4 Å². The molecule has 1 aromatic heterocycles. The number of hydrogen-bond acceptors (Lipinski definition) is 6. The molecule has 0 spiro atoms. The van der Waals surface area contributed by atoms with Crippen molar-refractivity contribution in [1.29, 1.82) is 0 Å². The van der Waals surface area contributed by atoms with Gasteiger partial charge in [0.25, 0.3) is 0 Å². The van der Waals surface area contributed by atoms with Crippen molar-refractivity contribution in [2.24, 2.45) is 5.92 Å². The Kier molecular flexibility index (Phi) is 6.35. The summed E-state index contributed by atoms with van der Waals surface area (Å²) in [7, 11) is -3.51. The third-order valence-electron chi connectivity index (χ3n) is 6.86. The Morgan fingerprint density at radius 3 is 2.24 bits per heavy atom. The molecule has 2 saturated heterocycles. The maximum absolute atomic E-state index is 13.2. The Balaban J connectivity index is 1.16. The van der Waals surface area contributed by atoms with Gasteiger partial charge in [0.1, 0.15) is 0 Å². The fourth-order valence-electron chi connectivity index (χ4n) is 4.73. The van der Waals surface area contributed by atoms with Gasteiger partial charge in [0.15, 0.2) is 5.13 Å². The number of sulfonamides is 1. The van der Waals surface area contributed by atoms with Crippen LogP contribution in [-0.4, -0.2) is 67.8 Å². The normalized spacial score (nSPS) is 18.5. The average molecular weight is 499 g/mol. The summed E-state index contributed by atoms with van der Waals surface area (Å²) in [5.74, 6) is 0.0494. The van der Waals surface area contributed by atoms with Crippen molar-refractivity contribution in [2.45, 2.75) is 31.6 Å². The molecule has 7 nitrogen and oxygen atoms in total. The molecule has 3 heterocycles. The molecule has 0 N–H and O–H groups in total. The number of benzene rings is 2. The highest BCUT2D eigenvalue weighted by atomic mass is 32.2. The minimum absolute atomic E-state index is 0.110. The Morgan fingerprint density at radius 1 is 0.912 bits per heavy atom. The van der Waals surface area contributed by atoms with Crippen LogP contribution in [0, 0.1) is 19.8 Å². The van der Waals surface area contributed by atoms with Crippen LogP contribution in [-0.2, 0) is 14.8 Å². The van der Waals surface area contributed by atoms with Gasteiger partial charge in [0.05, 0.1) is 15.1 Å². The predicted molar refractivity (Wildman–Crippen MR) is 136 cm³/mol. The van der Waals surface area contributed by atoms with E-state index in [2.05, 4.69) is 30.0 Å². The zero-order valence-corrected chi connectivity index (χ0v) is 21.2. The van der Waals surface area contributed by atoms with Gasteiger partial charge < -0.3 is 9.80 Å². The van der Waals surface area contributed by atoms with Gasteiger partial charge in [-0.15, -0.1) is 0 Å². The second-order valence-electron chi connectivity index (χ2n) is 9.27. The van der Waals surface area contributed by atoms with Gasteiger partial charge in [-0.25, -0.2) is 13.4 Å². The lowest BCUT2D eigenvalue weighted by molar-refractivity contribution is -0.137. The fraction of sp³-hybridized carbons (Fsp3) is 0.440. The Hall–Kier alpha value is -2.49. The second kappa shape index (κ2) is 9.28. The number of thiazole rings is 1. The molecule has 2 aromatic carbocycles. The van der Waals surface area contributed by atoms with Crippen LogP contribution in [0.3, 0.4) is 0 Å². The van der Waals surface area contributed by atoms with Crippen LogP contribution in [0.5, 0.6) is 0 Å². The molecule has 0 radical (unpaired) electrons. The summed E-state index contributed by atoms with van der Waals surface area (Å²) < 4.78 is 28.6. The minimum atomic E-state index is -3.51. The molecule has 0 bridgehead atoms. The summed E-state index contributed by atoms with van der Waals surface area (Å²) in [6.07, 6.45) is 1.14. The quantitative estimate of drug-likeness (QED) is 0.549. The molecule has 1 amide bonds. The molecule has 0 aliphatic carbocycles. The molecule has 2 aliphatic heterocycles. The van der Waals surface area contributed by atoms with E-state index in [1.54, 1.807) is 23.5 Å². The summed E-state index contributed by atoms with van der Waals surface area (Å²) >= 11 is 1.71. The fourth-order valence-corrected chi connectivity index (χ4v) is 7.32. The van der Waals surface area contributed by atoms with E-state index in [0.717, 1.165) is 29.3 Å². The van der Waals surface area contributed by atoms with Crippen LogP contribution < -0.4 is 4.90 Å². The topological polar surface area (TPSA) is 73.8 Å². The van der Waals surface area contributed by atoms with E-state index < -0.39 is 10.0 Å². The SMILES string of the molecule is Cc1ccc(S(=O)(=O)N2CCC(C(=O)N3CCN(c4nc5ccc(C)cc5s4)CC3)CC2)cc1. The molecule has 0 saturated carbocycles. The first-order chi connectivity index (χ1) is 16.3. The van der Waals surface area contributed by atoms with Gasteiger partial charge >= 0.3 is 0 Å². The molecular weight excluding hydrogens is 468 g/mol. The molecule has 180 valence electrons.